The van der Waals surface area contributed by atoms with Crippen LogP contribution in [-0.2, 0) is 9.59 Å². The minimum absolute atomic E-state index is 0.0889. The Hall–Kier alpha value is -1.57. The Morgan fingerprint density at radius 1 is 1.56 bits per heavy atom. The van der Waals surface area contributed by atoms with Crippen LogP contribution in [0, 0.1) is 29.1 Å². The van der Waals surface area contributed by atoms with E-state index in [0.29, 0.717) is 19.5 Å². The normalized spacial score (nSPS) is 20.6. The number of hydrogen-bond acceptors (Lipinski definition) is 3. The lowest BCUT2D eigenvalue weighted by Gasteiger charge is -2.23. The summed E-state index contributed by atoms with van der Waals surface area (Å²) in [6.45, 7) is 4.22. The molecule has 1 atom stereocenters. The number of carbonyl (C=O) groups is 2. The van der Waals surface area contributed by atoms with E-state index in [4.69, 9.17) is 11.0 Å². The molecule has 0 aromatic carbocycles. The number of nitriles is 1. The Kier molecular flexibility index (Phi) is 3.53. The van der Waals surface area contributed by atoms with Crippen LogP contribution in [0.25, 0.3) is 0 Å². The van der Waals surface area contributed by atoms with Crippen molar-refractivity contribution in [2.45, 2.75) is 20.3 Å². The van der Waals surface area contributed by atoms with Gasteiger partial charge in [0.25, 0.3) is 0 Å². The molecule has 0 aromatic heterocycles. The Balaban J connectivity index is 2.55. The molecule has 0 unspecified atom stereocenters. The molecule has 16 heavy (non-hydrogen) atoms. The summed E-state index contributed by atoms with van der Waals surface area (Å²) in [6.07, 6.45) is 2.03. The highest BCUT2D eigenvalue weighted by Crippen LogP contribution is 2.22. The summed E-state index contributed by atoms with van der Waals surface area (Å²) >= 11 is 0. The third-order valence-electron chi connectivity index (χ3n) is 2.80. The van der Waals surface area contributed by atoms with Gasteiger partial charge in [0.1, 0.15) is 0 Å². The van der Waals surface area contributed by atoms with Gasteiger partial charge in [0.05, 0.1) is 23.8 Å². The Morgan fingerprint density at radius 3 is 2.62 bits per heavy atom. The fourth-order valence-corrected chi connectivity index (χ4v) is 1.54. The Morgan fingerprint density at radius 2 is 2.19 bits per heavy atom. The summed E-state index contributed by atoms with van der Waals surface area (Å²) < 4.78 is 0. The lowest BCUT2D eigenvalue weighted by Crippen LogP contribution is -2.39. The van der Waals surface area contributed by atoms with E-state index >= 15 is 0 Å². The van der Waals surface area contributed by atoms with Crippen molar-refractivity contribution in [3.8, 4) is 6.07 Å². The second-order valence-corrected chi connectivity index (χ2v) is 4.63. The second-order valence-electron chi connectivity index (χ2n) is 4.63. The monoisotopic (exact) mass is 222 g/mol. The highest BCUT2D eigenvalue weighted by atomic mass is 16.2. The first kappa shape index (κ1) is 12.5. The SMILES string of the molecule is CC(C)([CH]C(=O)N1CC[C@H](C#N)C1)C(N)=O. The maximum Gasteiger partial charge on any atom is 0.227 e. The van der Waals surface area contributed by atoms with Gasteiger partial charge in [0.15, 0.2) is 0 Å². The molecule has 2 N–H and O–H groups in total. The minimum Gasteiger partial charge on any atom is -0.369 e. The van der Waals surface area contributed by atoms with E-state index in [1.165, 1.54) is 6.42 Å². The van der Waals surface area contributed by atoms with Crippen LogP contribution in [0.2, 0.25) is 0 Å². The zero-order chi connectivity index (χ0) is 12.3. The van der Waals surface area contributed by atoms with Gasteiger partial charge in [-0.15, -0.1) is 0 Å². The van der Waals surface area contributed by atoms with Crippen LogP contribution in [0.4, 0.5) is 0 Å². The second kappa shape index (κ2) is 4.52. The topological polar surface area (TPSA) is 87.2 Å². The average Bonchev–Trinajstić information content (AvgIpc) is 2.64. The third kappa shape index (κ3) is 2.72. The molecule has 0 aromatic rings. The fraction of sp³-hybridized carbons (Fsp3) is 0.636. The van der Waals surface area contributed by atoms with Gasteiger partial charge in [0.2, 0.25) is 11.8 Å². The number of nitrogens with zero attached hydrogens (tertiary/aromatic N) is 2. The molecule has 1 aliphatic heterocycles. The lowest BCUT2D eigenvalue weighted by molar-refractivity contribution is -0.132. The van der Waals surface area contributed by atoms with Crippen LogP contribution >= 0.6 is 0 Å². The molecule has 0 saturated carbocycles. The van der Waals surface area contributed by atoms with E-state index in [2.05, 4.69) is 6.07 Å². The van der Waals surface area contributed by atoms with Crippen LogP contribution < -0.4 is 5.73 Å². The molecular formula is C11H16N3O2. The summed E-state index contributed by atoms with van der Waals surface area (Å²) in [7, 11) is 0. The van der Waals surface area contributed by atoms with Crippen molar-refractivity contribution >= 4 is 11.8 Å². The van der Waals surface area contributed by atoms with Crippen molar-refractivity contribution < 1.29 is 9.59 Å². The van der Waals surface area contributed by atoms with Crippen LogP contribution in [0.15, 0.2) is 0 Å². The molecule has 1 aliphatic rings. The van der Waals surface area contributed by atoms with Gasteiger partial charge in [-0.05, 0) is 6.42 Å². The van der Waals surface area contributed by atoms with E-state index in [1.54, 1.807) is 18.7 Å². The van der Waals surface area contributed by atoms with Gasteiger partial charge in [-0.25, -0.2) is 0 Å². The number of amides is 2. The third-order valence-corrected chi connectivity index (χ3v) is 2.80. The zero-order valence-corrected chi connectivity index (χ0v) is 9.56. The summed E-state index contributed by atoms with van der Waals surface area (Å²) in [5.41, 5.74) is 4.23. The summed E-state index contributed by atoms with van der Waals surface area (Å²) in [5, 5.41) is 8.71. The lowest BCUT2D eigenvalue weighted by atomic mass is 9.88. The molecular weight excluding hydrogens is 206 g/mol. The standard InChI is InChI=1S/C11H16N3O2/c1-11(2,10(13)16)5-9(15)14-4-3-8(6-12)7-14/h5,8H,3-4,7H2,1-2H3,(H2,13,16)/t8-/m1/s1. The van der Waals surface area contributed by atoms with Gasteiger partial charge < -0.3 is 10.6 Å². The smallest absolute Gasteiger partial charge is 0.227 e. The highest BCUT2D eigenvalue weighted by molar-refractivity contribution is 5.94. The summed E-state index contributed by atoms with van der Waals surface area (Å²) in [6, 6.07) is 2.13. The molecule has 0 spiro atoms. The maximum absolute atomic E-state index is 11.8. The van der Waals surface area contributed by atoms with Crippen molar-refractivity contribution in [3.05, 3.63) is 6.42 Å². The Labute approximate surface area is 95.2 Å². The van der Waals surface area contributed by atoms with Crippen molar-refractivity contribution in [2.24, 2.45) is 17.1 Å². The van der Waals surface area contributed by atoms with Gasteiger partial charge in [-0.2, -0.15) is 5.26 Å². The fourth-order valence-electron chi connectivity index (χ4n) is 1.54. The van der Waals surface area contributed by atoms with Crippen molar-refractivity contribution in [1.82, 2.24) is 4.90 Å². The van der Waals surface area contributed by atoms with Gasteiger partial charge in [-0.3, -0.25) is 9.59 Å². The highest BCUT2D eigenvalue weighted by Gasteiger charge is 2.33. The molecule has 1 rings (SSSR count). The minimum atomic E-state index is -0.943. The molecule has 0 bridgehead atoms. The number of hydrogen-bond donors (Lipinski definition) is 1. The van der Waals surface area contributed by atoms with Gasteiger partial charge in [-0.1, -0.05) is 13.8 Å². The molecule has 0 aliphatic carbocycles. The summed E-state index contributed by atoms with van der Waals surface area (Å²) in [5.74, 6) is -0.840. The first-order valence-electron chi connectivity index (χ1n) is 5.21. The molecule has 5 heteroatoms. The van der Waals surface area contributed by atoms with Crippen LogP contribution in [0.5, 0.6) is 0 Å². The molecule has 87 valence electrons. The van der Waals surface area contributed by atoms with Gasteiger partial charge >= 0.3 is 0 Å². The average molecular weight is 222 g/mol. The van der Waals surface area contributed by atoms with Crippen molar-refractivity contribution in [1.29, 1.82) is 5.26 Å². The Bertz CT molecular complexity index is 344. The van der Waals surface area contributed by atoms with Gasteiger partial charge in [0, 0.05) is 13.1 Å². The number of rotatable bonds is 3. The first-order valence-corrected chi connectivity index (χ1v) is 5.21. The first-order chi connectivity index (χ1) is 7.36. The predicted molar refractivity (Wildman–Crippen MR) is 57.6 cm³/mol. The molecule has 1 heterocycles. The number of likely N-dealkylation sites (tertiary alicyclic amines) is 1. The number of nitrogens with two attached hydrogens (primary N) is 1. The van der Waals surface area contributed by atoms with E-state index in [0.717, 1.165) is 0 Å². The molecule has 1 radical (unpaired) electrons. The van der Waals surface area contributed by atoms with Crippen molar-refractivity contribution in [2.75, 3.05) is 13.1 Å². The maximum atomic E-state index is 11.8. The quantitative estimate of drug-likeness (QED) is 0.733. The molecule has 5 nitrogen and oxygen atoms in total. The van der Waals surface area contributed by atoms with Crippen LogP contribution in [0.3, 0.4) is 0 Å². The number of carbonyl (C=O) groups excluding carboxylic acids is 2. The van der Waals surface area contributed by atoms with E-state index in [1.807, 2.05) is 0 Å². The largest absolute Gasteiger partial charge is 0.369 e. The van der Waals surface area contributed by atoms with E-state index in [-0.39, 0.29) is 11.8 Å². The number of primary amides is 1. The van der Waals surface area contributed by atoms with Crippen LogP contribution in [0.1, 0.15) is 20.3 Å². The zero-order valence-electron chi connectivity index (χ0n) is 9.56. The molecule has 1 saturated heterocycles. The van der Waals surface area contributed by atoms with E-state index in [9.17, 15) is 9.59 Å². The molecule has 1 fully saturated rings. The summed E-state index contributed by atoms with van der Waals surface area (Å²) in [4.78, 5) is 24.4. The van der Waals surface area contributed by atoms with E-state index < -0.39 is 11.3 Å². The predicted octanol–water partition coefficient (Wildman–Crippen LogP) is 0.0743. The molecule has 2 amide bonds. The van der Waals surface area contributed by atoms with Crippen LogP contribution in [-0.4, -0.2) is 29.8 Å². The van der Waals surface area contributed by atoms with Crippen molar-refractivity contribution in [3.63, 3.8) is 0 Å².